The molecule has 0 aliphatic rings. The Morgan fingerprint density at radius 2 is 1.79 bits per heavy atom. The number of halogens is 1. The van der Waals surface area contributed by atoms with E-state index >= 15 is 0 Å². The Morgan fingerprint density at radius 1 is 1.08 bits per heavy atom. The maximum Gasteiger partial charge on any atom is 0.263 e. The van der Waals surface area contributed by atoms with E-state index in [0.29, 0.717) is 11.3 Å². The zero-order valence-electron chi connectivity index (χ0n) is 12.7. The van der Waals surface area contributed by atoms with E-state index < -0.39 is 11.8 Å². The van der Waals surface area contributed by atoms with Crippen molar-refractivity contribution in [2.75, 3.05) is 0 Å². The van der Waals surface area contributed by atoms with Crippen LogP contribution in [0.5, 0.6) is 0 Å². The molecule has 0 unspecified atom stereocenters. The second-order valence-corrected chi connectivity index (χ2v) is 5.93. The number of carbonyl (C=O) groups is 2. The molecule has 3 aromatic rings. The summed E-state index contributed by atoms with van der Waals surface area (Å²) in [5.41, 5.74) is 1.55. The molecule has 1 heterocycles. The molecule has 0 bridgehead atoms. The van der Waals surface area contributed by atoms with Crippen LogP contribution in [0.2, 0.25) is 0 Å². The predicted molar refractivity (Wildman–Crippen MR) is 93.7 cm³/mol. The largest absolute Gasteiger partial charge is 0.438 e. The van der Waals surface area contributed by atoms with Gasteiger partial charge in [0.05, 0.1) is 5.69 Å². The van der Waals surface area contributed by atoms with E-state index in [-0.39, 0.29) is 11.1 Å². The van der Waals surface area contributed by atoms with E-state index in [0.717, 1.165) is 9.86 Å². The van der Waals surface area contributed by atoms with Crippen molar-refractivity contribution >= 4 is 44.4 Å². The molecule has 1 aromatic heterocycles. The first-order chi connectivity index (χ1) is 11.5. The lowest BCUT2D eigenvalue weighted by Gasteiger charge is -2.05. The lowest BCUT2D eigenvalue weighted by atomic mass is 10.1. The van der Waals surface area contributed by atoms with Crippen molar-refractivity contribution in [2.24, 2.45) is 4.99 Å². The van der Waals surface area contributed by atoms with Gasteiger partial charge in [-0.1, -0.05) is 30.3 Å². The Labute approximate surface area is 146 Å². The number of amides is 2. The van der Waals surface area contributed by atoms with Crippen LogP contribution in [-0.2, 0) is 4.79 Å². The third kappa shape index (κ3) is 3.44. The second kappa shape index (κ2) is 6.80. The number of carbonyl (C=O) groups excluding carboxylic acids is 2. The molecule has 2 amide bonds. The quantitative estimate of drug-likeness (QED) is 0.731. The minimum atomic E-state index is -0.553. The summed E-state index contributed by atoms with van der Waals surface area (Å²) < 4.78 is 6.56. The van der Waals surface area contributed by atoms with Crippen LogP contribution in [0.25, 0.3) is 11.0 Å². The van der Waals surface area contributed by atoms with Gasteiger partial charge < -0.3 is 4.42 Å². The molecule has 120 valence electrons. The maximum absolute atomic E-state index is 12.3. The smallest absolute Gasteiger partial charge is 0.263 e. The van der Waals surface area contributed by atoms with Crippen molar-refractivity contribution < 1.29 is 14.0 Å². The molecule has 24 heavy (non-hydrogen) atoms. The fourth-order valence-electron chi connectivity index (χ4n) is 2.19. The van der Waals surface area contributed by atoms with E-state index in [9.17, 15) is 9.59 Å². The first-order valence-electron chi connectivity index (χ1n) is 7.18. The van der Waals surface area contributed by atoms with Gasteiger partial charge in [0, 0.05) is 16.8 Å². The molecule has 6 heteroatoms. The lowest BCUT2D eigenvalue weighted by Crippen LogP contribution is -2.32. The van der Waals surface area contributed by atoms with Gasteiger partial charge in [-0.3, -0.25) is 14.9 Å². The molecule has 3 rings (SSSR count). The molecule has 0 aliphatic carbocycles. The molecule has 0 saturated carbocycles. The lowest BCUT2D eigenvalue weighted by molar-refractivity contribution is -0.118. The number of rotatable bonds is 2. The van der Waals surface area contributed by atoms with E-state index in [1.165, 1.54) is 6.92 Å². The number of para-hydroxylation sites is 2. The Bertz CT molecular complexity index is 1010. The summed E-state index contributed by atoms with van der Waals surface area (Å²) in [6.45, 7) is 1.28. The zero-order chi connectivity index (χ0) is 17.1. The van der Waals surface area contributed by atoms with Crippen LogP contribution in [0.1, 0.15) is 17.3 Å². The number of nitrogens with zero attached hydrogens (tertiary/aromatic N) is 1. The fraction of sp³-hybridized carbons (Fsp3) is 0.0556. The highest BCUT2D eigenvalue weighted by Gasteiger charge is 2.14. The van der Waals surface area contributed by atoms with Gasteiger partial charge in [0.1, 0.15) is 11.1 Å². The predicted octanol–water partition coefficient (Wildman–Crippen LogP) is 3.70. The summed E-state index contributed by atoms with van der Waals surface area (Å²) in [4.78, 5) is 28.0. The van der Waals surface area contributed by atoms with Crippen molar-refractivity contribution in [1.29, 1.82) is 0 Å². The van der Waals surface area contributed by atoms with E-state index in [1.54, 1.807) is 18.2 Å². The molecule has 0 fully saturated rings. The number of benzene rings is 2. The number of nitrogens with one attached hydrogen (secondary N) is 1. The average Bonchev–Trinajstić information content (AvgIpc) is 2.55. The van der Waals surface area contributed by atoms with Gasteiger partial charge >= 0.3 is 0 Å². The number of hydrogen-bond donors (Lipinski definition) is 1. The van der Waals surface area contributed by atoms with Crippen LogP contribution in [0.15, 0.2) is 68.5 Å². The topological polar surface area (TPSA) is 71.7 Å². The summed E-state index contributed by atoms with van der Waals surface area (Å²) >= 11 is 3.42. The number of hydrogen-bond acceptors (Lipinski definition) is 4. The van der Waals surface area contributed by atoms with Gasteiger partial charge in [0.25, 0.3) is 5.91 Å². The number of imide groups is 1. The van der Waals surface area contributed by atoms with E-state index in [2.05, 4.69) is 26.2 Å². The monoisotopic (exact) mass is 384 g/mol. The van der Waals surface area contributed by atoms with Crippen molar-refractivity contribution in [3.63, 3.8) is 0 Å². The van der Waals surface area contributed by atoms with Gasteiger partial charge in [-0.2, -0.15) is 0 Å². The Kier molecular flexibility index (Phi) is 4.57. The third-order valence-corrected chi connectivity index (χ3v) is 3.94. The standard InChI is InChI=1S/C18H13BrN2O3/c1-11(22)20-17(23)13-10-12-6-2-5-9-16(12)24-18(13)21-15-8-4-3-7-14(15)19/h2-10H,1H3,(H,20,22,23). The van der Waals surface area contributed by atoms with E-state index in [4.69, 9.17) is 4.42 Å². The highest BCUT2D eigenvalue weighted by Crippen LogP contribution is 2.24. The van der Waals surface area contributed by atoms with Crippen LogP contribution in [0.4, 0.5) is 5.69 Å². The van der Waals surface area contributed by atoms with Crippen LogP contribution in [0.3, 0.4) is 0 Å². The van der Waals surface area contributed by atoms with Crippen molar-refractivity contribution in [3.8, 4) is 0 Å². The highest BCUT2D eigenvalue weighted by atomic mass is 79.9. The molecule has 0 radical (unpaired) electrons. The van der Waals surface area contributed by atoms with Gasteiger partial charge in [-0.25, -0.2) is 4.99 Å². The van der Waals surface area contributed by atoms with Crippen molar-refractivity contribution in [2.45, 2.75) is 6.92 Å². The molecular weight excluding hydrogens is 372 g/mol. The zero-order valence-corrected chi connectivity index (χ0v) is 14.3. The van der Waals surface area contributed by atoms with Gasteiger partial charge in [-0.15, -0.1) is 0 Å². The third-order valence-electron chi connectivity index (χ3n) is 3.26. The van der Waals surface area contributed by atoms with Crippen molar-refractivity contribution in [3.05, 3.63) is 70.2 Å². The fourth-order valence-corrected chi connectivity index (χ4v) is 2.57. The summed E-state index contributed by atoms with van der Waals surface area (Å²) in [6.07, 6.45) is 0. The first kappa shape index (κ1) is 16.1. The van der Waals surface area contributed by atoms with Crippen LogP contribution in [-0.4, -0.2) is 11.8 Å². The average molecular weight is 385 g/mol. The van der Waals surface area contributed by atoms with Crippen LogP contribution < -0.4 is 10.9 Å². The molecule has 0 atom stereocenters. The first-order valence-corrected chi connectivity index (χ1v) is 7.98. The second-order valence-electron chi connectivity index (χ2n) is 5.08. The molecule has 0 saturated heterocycles. The van der Waals surface area contributed by atoms with Gasteiger partial charge in [-0.05, 0) is 40.2 Å². The molecule has 1 N–H and O–H groups in total. The molecular formula is C18H13BrN2O3. The van der Waals surface area contributed by atoms with E-state index in [1.807, 2.05) is 36.4 Å². The normalized spacial score (nSPS) is 11.5. The minimum Gasteiger partial charge on any atom is -0.438 e. The summed E-state index contributed by atoms with van der Waals surface area (Å²) in [5.74, 6) is -0.997. The Morgan fingerprint density at radius 3 is 2.54 bits per heavy atom. The summed E-state index contributed by atoms with van der Waals surface area (Å²) in [6, 6.07) is 16.3. The molecule has 5 nitrogen and oxygen atoms in total. The van der Waals surface area contributed by atoms with Crippen LogP contribution >= 0.6 is 15.9 Å². The van der Waals surface area contributed by atoms with Crippen LogP contribution in [0, 0.1) is 0 Å². The van der Waals surface area contributed by atoms with Crippen molar-refractivity contribution in [1.82, 2.24) is 5.32 Å². The summed E-state index contributed by atoms with van der Waals surface area (Å²) in [7, 11) is 0. The Balaban J connectivity index is 2.26. The molecule has 2 aromatic carbocycles. The Hall–Kier alpha value is -2.73. The minimum absolute atomic E-state index is 0.138. The summed E-state index contributed by atoms with van der Waals surface area (Å²) in [5, 5.41) is 3.00. The molecule has 0 spiro atoms. The number of fused-ring (bicyclic) bond motifs is 1. The highest BCUT2D eigenvalue weighted by molar-refractivity contribution is 9.10. The van der Waals surface area contributed by atoms with Gasteiger partial charge in [0.15, 0.2) is 0 Å². The maximum atomic E-state index is 12.3. The van der Waals surface area contributed by atoms with Gasteiger partial charge in [0.2, 0.25) is 11.5 Å². The SMILES string of the molecule is CC(=O)NC(=O)c1cc2ccccc2oc1=Nc1ccccc1Br. The molecule has 0 aliphatic heterocycles.